The van der Waals surface area contributed by atoms with Crippen molar-refractivity contribution in [1.29, 1.82) is 0 Å². The fraction of sp³-hybridized carbons (Fsp3) is 0.417. The minimum atomic E-state index is -3.31. The number of sulfonamides is 1. The molecule has 2 N–H and O–H groups in total. The van der Waals surface area contributed by atoms with E-state index in [2.05, 4.69) is 0 Å². The van der Waals surface area contributed by atoms with Crippen molar-refractivity contribution in [2.75, 3.05) is 17.1 Å². The molecule has 0 saturated carbocycles. The van der Waals surface area contributed by atoms with Crippen molar-refractivity contribution in [2.24, 2.45) is 11.7 Å². The zero-order valence-corrected chi connectivity index (χ0v) is 12.4. The van der Waals surface area contributed by atoms with Crippen LogP contribution in [0.5, 0.6) is 0 Å². The summed E-state index contributed by atoms with van der Waals surface area (Å²) in [5.41, 5.74) is 6.77. The molecule has 0 heterocycles. The Morgan fingerprint density at radius 1 is 1.44 bits per heavy atom. The summed E-state index contributed by atoms with van der Waals surface area (Å²) >= 11 is 4.88. The molecule has 100 valence electrons. The van der Waals surface area contributed by atoms with Crippen molar-refractivity contribution in [1.82, 2.24) is 0 Å². The van der Waals surface area contributed by atoms with Crippen molar-refractivity contribution in [3.8, 4) is 0 Å². The maximum atomic E-state index is 12.1. The molecule has 0 amide bonds. The number of nitrogens with zero attached hydrogens (tertiary/aromatic N) is 1. The molecule has 1 rings (SSSR count). The minimum absolute atomic E-state index is 0.0798. The number of hydrogen-bond donors (Lipinski definition) is 1. The SMILES string of the molecule is CC(C)CS(=O)(=O)N(C)c1cccc(C(N)=S)c1. The van der Waals surface area contributed by atoms with Gasteiger partial charge in [-0.2, -0.15) is 0 Å². The molecular weight excluding hydrogens is 268 g/mol. The van der Waals surface area contributed by atoms with Gasteiger partial charge in [-0.15, -0.1) is 0 Å². The lowest BCUT2D eigenvalue weighted by Gasteiger charge is -2.21. The van der Waals surface area contributed by atoms with E-state index in [-0.39, 0.29) is 16.7 Å². The molecule has 1 aromatic rings. The molecule has 0 unspecified atom stereocenters. The zero-order chi connectivity index (χ0) is 13.9. The standard InChI is InChI=1S/C12H18N2O2S2/c1-9(2)8-18(15,16)14(3)11-6-4-5-10(7-11)12(13)17/h4-7,9H,8H2,1-3H3,(H2,13,17). The van der Waals surface area contributed by atoms with Gasteiger partial charge in [-0.3, -0.25) is 4.31 Å². The number of benzene rings is 1. The van der Waals surface area contributed by atoms with Crippen molar-refractivity contribution in [3.05, 3.63) is 29.8 Å². The molecule has 0 fully saturated rings. The molecular formula is C12H18N2O2S2. The van der Waals surface area contributed by atoms with Crippen LogP contribution in [0.2, 0.25) is 0 Å². The fourth-order valence-electron chi connectivity index (χ4n) is 1.55. The van der Waals surface area contributed by atoms with Gasteiger partial charge in [0.15, 0.2) is 0 Å². The van der Waals surface area contributed by atoms with Gasteiger partial charge in [0.05, 0.1) is 11.4 Å². The lowest BCUT2D eigenvalue weighted by atomic mass is 10.2. The smallest absolute Gasteiger partial charge is 0.235 e. The molecule has 4 nitrogen and oxygen atoms in total. The summed E-state index contributed by atoms with van der Waals surface area (Å²) in [6.45, 7) is 3.74. The number of hydrogen-bond acceptors (Lipinski definition) is 3. The predicted molar refractivity (Wildman–Crippen MR) is 79.4 cm³/mol. The van der Waals surface area contributed by atoms with Gasteiger partial charge in [-0.25, -0.2) is 8.42 Å². The molecule has 0 aliphatic rings. The topological polar surface area (TPSA) is 63.4 Å². The summed E-state index contributed by atoms with van der Waals surface area (Å²) in [5, 5.41) is 0. The van der Waals surface area contributed by atoms with Crippen LogP contribution in [0.1, 0.15) is 19.4 Å². The van der Waals surface area contributed by atoms with Gasteiger partial charge in [-0.1, -0.05) is 38.2 Å². The Morgan fingerprint density at radius 3 is 2.56 bits per heavy atom. The van der Waals surface area contributed by atoms with Gasteiger partial charge < -0.3 is 5.73 Å². The van der Waals surface area contributed by atoms with E-state index >= 15 is 0 Å². The van der Waals surface area contributed by atoms with Crippen molar-refractivity contribution < 1.29 is 8.42 Å². The number of nitrogens with two attached hydrogens (primary N) is 1. The fourth-order valence-corrected chi connectivity index (χ4v) is 3.18. The van der Waals surface area contributed by atoms with E-state index in [4.69, 9.17) is 18.0 Å². The molecule has 6 heteroatoms. The summed E-state index contributed by atoms with van der Waals surface area (Å²) in [6.07, 6.45) is 0. The summed E-state index contributed by atoms with van der Waals surface area (Å²) in [6, 6.07) is 6.90. The van der Waals surface area contributed by atoms with E-state index in [1.165, 1.54) is 11.4 Å². The van der Waals surface area contributed by atoms with Gasteiger partial charge >= 0.3 is 0 Å². The van der Waals surface area contributed by atoms with Gasteiger partial charge in [-0.05, 0) is 18.1 Å². The maximum Gasteiger partial charge on any atom is 0.235 e. The van der Waals surface area contributed by atoms with Crippen LogP contribution in [0.25, 0.3) is 0 Å². The number of anilines is 1. The van der Waals surface area contributed by atoms with Crippen LogP contribution in [0.4, 0.5) is 5.69 Å². The summed E-state index contributed by atoms with van der Waals surface area (Å²) in [4.78, 5) is 0.256. The molecule has 0 aliphatic heterocycles. The van der Waals surface area contributed by atoms with E-state index in [9.17, 15) is 8.42 Å². The first-order chi connectivity index (χ1) is 8.24. The third-order valence-electron chi connectivity index (χ3n) is 2.46. The molecule has 0 saturated heterocycles. The lowest BCUT2D eigenvalue weighted by molar-refractivity contribution is 0.580. The van der Waals surface area contributed by atoms with Crippen molar-refractivity contribution in [3.63, 3.8) is 0 Å². The van der Waals surface area contributed by atoms with E-state index in [1.807, 2.05) is 13.8 Å². The molecule has 0 atom stereocenters. The van der Waals surface area contributed by atoms with Gasteiger partial charge in [0, 0.05) is 12.6 Å². The molecule has 0 spiro atoms. The Morgan fingerprint density at radius 2 is 2.06 bits per heavy atom. The minimum Gasteiger partial charge on any atom is -0.389 e. The first-order valence-corrected chi connectivity index (χ1v) is 7.62. The molecule has 0 aromatic heterocycles. The van der Waals surface area contributed by atoms with Crippen LogP contribution in [0.3, 0.4) is 0 Å². The van der Waals surface area contributed by atoms with Gasteiger partial charge in [0.1, 0.15) is 4.99 Å². The summed E-state index contributed by atoms with van der Waals surface area (Å²) in [5.74, 6) is 0.192. The Kier molecular flexibility index (Phi) is 4.70. The molecule has 18 heavy (non-hydrogen) atoms. The van der Waals surface area contributed by atoms with Crippen LogP contribution in [-0.4, -0.2) is 26.2 Å². The summed E-state index contributed by atoms with van der Waals surface area (Å²) in [7, 11) is -1.77. The monoisotopic (exact) mass is 286 g/mol. The third-order valence-corrected chi connectivity index (χ3v) is 4.82. The molecule has 1 aromatic carbocycles. The third kappa shape index (κ3) is 3.68. The largest absolute Gasteiger partial charge is 0.389 e. The first-order valence-electron chi connectivity index (χ1n) is 5.60. The van der Waals surface area contributed by atoms with Gasteiger partial charge in [0.25, 0.3) is 0 Å². The Bertz CT molecular complexity index is 539. The second-order valence-electron chi connectivity index (χ2n) is 4.55. The average molecular weight is 286 g/mol. The second-order valence-corrected chi connectivity index (χ2v) is 7.04. The van der Waals surface area contributed by atoms with E-state index in [0.717, 1.165) is 0 Å². The van der Waals surface area contributed by atoms with Crippen LogP contribution in [-0.2, 0) is 10.0 Å². The van der Waals surface area contributed by atoms with Crippen LogP contribution in [0.15, 0.2) is 24.3 Å². The zero-order valence-electron chi connectivity index (χ0n) is 10.8. The van der Waals surface area contributed by atoms with Crippen molar-refractivity contribution in [2.45, 2.75) is 13.8 Å². The second kappa shape index (κ2) is 5.67. The van der Waals surface area contributed by atoms with Crippen LogP contribution in [0, 0.1) is 5.92 Å². The van der Waals surface area contributed by atoms with Crippen molar-refractivity contribution >= 4 is 32.9 Å². The molecule has 0 radical (unpaired) electrons. The van der Waals surface area contributed by atoms with Gasteiger partial charge in [0.2, 0.25) is 10.0 Å². The highest BCUT2D eigenvalue weighted by Gasteiger charge is 2.20. The highest BCUT2D eigenvalue weighted by molar-refractivity contribution is 7.92. The molecule has 0 aliphatic carbocycles. The Hall–Kier alpha value is -1.14. The average Bonchev–Trinajstić information content (AvgIpc) is 2.26. The van der Waals surface area contributed by atoms with E-state index in [0.29, 0.717) is 11.3 Å². The Labute approximate surface area is 114 Å². The predicted octanol–water partition coefficient (Wildman–Crippen LogP) is 1.74. The quantitative estimate of drug-likeness (QED) is 0.838. The number of thiocarbonyl (C=S) groups is 1. The molecule has 0 bridgehead atoms. The highest BCUT2D eigenvalue weighted by Crippen LogP contribution is 2.19. The van der Waals surface area contributed by atoms with Crippen LogP contribution >= 0.6 is 12.2 Å². The normalized spacial score (nSPS) is 11.6. The van der Waals surface area contributed by atoms with Crippen LogP contribution < -0.4 is 10.0 Å². The van der Waals surface area contributed by atoms with E-state index < -0.39 is 10.0 Å². The number of rotatable bonds is 5. The lowest BCUT2D eigenvalue weighted by Crippen LogP contribution is -2.31. The Balaban J connectivity index is 3.07. The maximum absolute atomic E-state index is 12.1. The first kappa shape index (κ1) is 14.9. The summed E-state index contributed by atoms with van der Waals surface area (Å²) < 4.78 is 25.4. The van der Waals surface area contributed by atoms with E-state index in [1.54, 1.807) is 24.3 Å². The highest BCUT2D eigenvalue weighted by atomic mass is 32.2.